The quantitative estimate of drug-likeness (QED) is 0.357. The molecule has 2 heterocycles. The van der Waals surface area contributed by atoms with Crippen molar-refractivity contribution in [2.45, 2.75) is 18.9 Å². The van der Waals surface area contributed by atoms with Crippen LogP contribution < -0.4 is 15.8 Å². The molecule has 2 aromatic rings. The third-order valence-electron chi connectivity index (χ3n) is 4.63. The predicted octanol–water partition coefficient (Wildman–Crippen LogP) is 1.47. The number of nitrogens with one attached hydrogen (secondary N) is 1. The summed E-state index contributed by atoms with van der Waals surface area (Å²) in [5, 5.41) is 7.68. The largest absolute Gasteiger partial charge is 0.484 e. The van der Waals surface area contributed by atoms with E-state index >= 15 is 0 Å². The van der Waals surface area contributed by atoms with Crippen molar-refractivity contribution >= 4 is 35.8 Å². The average Bonchev–Trinajstić information content (AvgIpc) is 3.30. The number of aryl methyl sites for hydroxylation is 1. The fourth-order valence-corrected chi connectivity index (χ4v) is 3.29. The number of aliphatic imine (C=N–C) groups is 1. The first-order chi connectivity index (χ1) is 13.0. The molecule has 1 aromatic carbocycles. The molecule has 1 atom stereocenters. The third-order valence-corrected chi connectivity index (χ3v) is 4.63. The van der Waals surface area contributed by atoms with Crippen LogP contribution in [0.1, 0.15) is 23.5 Å². The van der Waals surface area contributed by atoms with Gasteiger partial charge in [0.05, 0.1) is 6.20 Å². The maximum Gasteiger partial charge on any atom is 0.255 e. The Bertz CT molecular complexity index is 822. The highest BCUT2D eigenvalue weighted by Gasteiger charge is 2.26. The molecule has 8 nitrogen and oxygen atoms in total. The SMILES string of the molecule is CN=C(NCc1cccc(OCC(N)=O)c1)N1CCC(c2cnn(C)c2)C1.I. The van der Waals surface area contributed by atoms with Gasteiger partial charge in [-0.1, -0.05) is 12.1 Å². The number of ether oxygens (including phenoxy) is 1. The van der Waals surface area contributed by atoms with Crippen molar-refractivity contribution in [1.29, 1.82) is 0 Å². The molecule has 0 radical (unpaired) electrons. The minimum absolute atomic E-state index is 0. The molecule has 1 saturated heterocycles. The standard InChI is InChI=1S/C19H26N6O2.HI/c1-21-19(25-7-6-15(12-25)16-10-23-24(2)11-16)22-9-14-4-3-5-17(8-14)27-13-18(20)26;/h3-5,8,10-11,15H,6-7,9,12-13H2,1-2H3,(H2,20,26)(H,21,22);1H. The third kappa shape index (κ3) is 5.85. The first-order valence-electron chi connectivity index (χ1n) is 8.99. The second kappa shape index (κ2) is 10.3. The molecule has 1 aromatic heterocycles. The lowest BCUT2D eigenvalue weighted by atomic mass is 10.0. The van der Waals surface area contributed by atoms with Crippen molar-refractivity contribution in [3.05, 3.63) is 47.8 Å². The smallest absolute Gasteiger partial charge is 0.255 e. The maximum atomic E-state index is 10.8. The summed E-state index contributed by atoms with van der Waals surface area (Å²) in [6, 6.07) is 7.59. The molecular weight excluding hydrogens is 471 g/mol. The summed E-state index contributed by atoms with van der Waals surface area (Å²) in [7, 11) is 3.74. The summed E-state index contributed by atoms with van der Waals surface area (Å²) in [6.07, 6.45) is 5.12. The number of rotatable bonds is 6. The molecule has 0 saturated carbocycles. The number of halogens is 1. The number of nitrogens with zero attached hydrogens (tertiary/aromatic N) is 4. The van der Waals surface area contributed by atoms with Gasteiger partial charge in [0, 0.05) is 45.8 Å². The minimum atomic E-state index is -0.490. The zero-order chi connectivity index (χ0) is 19.2. The molecule has 0 spiro atoms. The van der Waals surface area contributed by atoms with Gasteiger partial charge < -0.3 is 20.7 Å². The number of primary amides is 1. The van der Waals surface area contributed by atoms with Crippen molar-refractivity contribution in [3.63, 3.8) is 0 Å². The first-order valence-corrected chi connectivity index (χ1v) is 8.99. The molecule has 0 bridgehead atoms. The number of carbonyl (C=O) groups is 1. The second-order valence-corrected chi connectivity index (χ2v) is 6.68. The number of hydrogen-bond donors (Lipinski definition) is 2. The Kier molecular flexibility index (Phi) is 8.09. The molecule has 1 unspecified atom stereocenters. The Labute approximate surface area is 182 Å². The second-order valence-electron chi connectivity index (χ2n) is 6.68. The zero-order valence-corrected chi connectivity index (χ0v) is 18.5. The van der Waals surface area contributed by atoms with Gasteiger partial charge in [-0.05, 0) is 29.7 Å². The van der Waals surface area contributed by atoms with Crippen LogP contribution in [0.5, 0.6) is 5.75 Å². The van der Waals surface area contributed by atoms with E-state index in [9.17, 15) is 4.79 Å². The molecule has 9 heteroatoms. The van der Waals surface area contributed by atoms with E-state index in [0.29, 0.717) is 18.2 Å². The van der Waals surface area contributed by atoms with E-state index < -0.39 is 5.91 Å². The lowest BCUT2D eigenvalue weighted by Crippen LogP contribution is -2.39. The maximum absolute atomic E-state index is 10.8. The van der Waals surface area contributed by atoms with Crippen molar-refractivity contribution in [2.24, 2.45) is 17.8 Å². The minimum Gasteiger partial charge on any atom is -0.484 e. The predicted molar refractivity (Wildman–Crippen MR) is 119 cm³/mol. The van der Waals surface area contributed by atoms with Crippen molar-refractivity contribution in [2.75, 3.05) is 26.7 Å². The Morgan fingerprint density at radius 1 is 1.46 bits per heavy atom. The molecular formula is C19H27IN6O2. The van der Waals surface area contributed by atoms with E-state index in [1.807, 2.05) is 36.1 Å². The molecule has 1 fully saturated rings. The van der Waals surface area contributed by atoms with E-state index in [-0.39, 0.29) is 30.6 Å². The highest BCUT2D eigenvalue weighted by Crippen LogP contribution is 2.26. The Morgan fingerprint density at radius 3 is 2.96 bits per heavy atom. The summed E-state index contributed by atoms with van der Waals surface area (Å²) in [5.41, 5.74) is 7.43. The highest BCUT2D eigenvalue weighted by molar-refractivity contribution is 14.0. The summed E-state index contributed by atoms with van der Waals surface area (Å²) < 4.78 is 7.20. The van der Waals surface area contributed by atoms with Gasteiger partial charge in [0.2, 0.25) is 0 Å². The molecule has 1 aliphatic heterocycles. The van der Waals surface area contributed by atoms with Crippen LogP contribution >= 0.6 is 24.0 Å². The molecule has 3 N–H and O–H groups in total. The van der Waals surface area contributed by atoms with Gasteiger partial charge >= 0.3 is 0 Å². The average molecular weight is 498 g/mol. The Balaban J connectivity index is 0.00000280. The van der Waals surface area contributed by atoms with E-state index in [1.165, 1.54) is 5.56 Å². The normalized spacial score (nSPS) is 16.6. The van der Waals surface area contributed by atoms with Gasteiger partial charge in [0.25, 0.3) is 5.91 Å². The molecule has 0 aliphatic carbocycles. The van der Waals surface area contributed by atoms with Crippen LogP contribution in [0.4, 0.5) is 0 Å². The van der Waals surface area contributed by atoms with Crippen LogP contribution in [0.3, 0.4) is 0 Å². The number of likely N-dealkylation sites (tertiary alicyclic amines) is 1. The molecule has 1 aliphatic rings. The molecule has 152 valence electrons. The van der Waals surface area contributed by atoms with Crippen molar-refractivity contribution < 1.29 is 9.53 Å². The number of amides is 1. The topological polar surface area (TPSA) is 97.8 Å². The van der Waals surface area contributed by atoms with Gasteiger partial charge in [-0.2, -0.15) is 5.10 Å². The Hall–Kier alpha value is -2.30. The van der Waals surface area contributed by atoms with Crippen LogP contribution in [-0.2, 0) is 18.4 Å². The highest BCUT2D eigenvalue weighted by atomic mass is 127. The number of carbonyl (C=O) groups excluding carboxylic acids is 1. The van der Waals surface area contributed by atoms with E-state index in [4.69, 9.17) is 10.5 Å². The monoisotopic (exact) mass is 498 g/mol. The summed E-state index contributed by atoms with van der Waals surface area (Å²) in [6.45, 7) is 2.38. The van der Waals surface area contributed by atoms with Crippen molar-refractivity contribution in [1.82, 2.24) is 20.0 Å². The van der Waals surface area contributed by atoms with Crippen LogP contribution in [0, 0.1) is 0 Å². The number of aromatic nitrogens is 2. The number of guanidine groups is 1. The van der Waals surface area contributed by atoms with E-state index in [1.54, 1.807) is 13.1 Å². The Morgan fingerprint density at radius 2 is 2.29 bits per heavy atom. The van der Waals surface area contributed by atoms with Crippen LogP contribution in [0.15, 0.2) is 41.7 Å². The fraction of sp³-hybridized carbons (Fsp3) is 0.421. The fourth-order valence-electron chi connectivity index (χ4n) is 3.29. The number of nitrogens with two attached hydrogens (primary N) is 1. The van der Waals surface area contributed by atoms with Crippen molar-refractivity contribution in [3.8, 4) is 5.75 Å². The first kappa shape index (κ1) is 22.0. The zero-order valence-electron chi connectivity index (χ0n) is 16.2. The van der Waals surface area contributed by atoms with Gasteiger partial charge in [-0.25, -0.2) is 0 Å². The summed E-state index contributed by atoms with van der Waals surface area (Å²) >= 11 is 0. The van der Waals surface area contributed by atoms with E-state index in [0.717, 1.165) is 31.0 Å². The lowest BCUT2D eigenvalue weighted by Gasteiger charge is -2.21. The van der Waals surface area contributed by atoms with Crippen LogP contribution in [-0.4, -0.2) is 53.3 Å². The molecule has 3 rings (SSSR count). The molecule has 28 heavy (non-hydrogen) atoms. The van der Waals surface area contributed by atoms with Crippen LogP contribution in [0.2, 0.25) is 0 Å². The molecule has 1 amide bonds. The summed E-state index contributed by atoms with van der Waals surface area (Å²) in [5.74, 6) is 1.49. The van der Waals surface area contributed by atoms with Gasteiger partial charge in [-0.3, -0.25) is 14.5 Å². The summed E-state index contributed by atoms with van der Waals surface area (Å²) in [4.78, 5) is 17.5. The van der Waals surface area contributed by atoms with Crippen LogP contribution in [0.25, 0.3) is 0 Å². The lowest BCUT2D eigenvalue weighted by molar-refractivity contribution is -0.119. The number of benzene rings is 1. The van der Waals surface area contributed by atoms with Gasteiger partial charge in [-0.15, -0.1) is 24.0 Å². The van der Waals surface area contributed by atoms with Gasteiger partial charge in [0.1, 0.15) is 5.75 Å². The number of hydrogen-bond acceptors (Lipinski definition) is 4. The van der Waals surface area contributed by atoms with Gasteiger partial charge in [0.15, 0.2) is 12.6 Å². The van der Waals surface area contributed by atoms with E-state index in [2.05, 4.69) is 26.5 Å².